The molecule has 0 aliphatic heterocycles. The van der Waals surface area contributed by atoms with Crippen LogP contribution < -0.4 is 0 Å². The number of carboxylic acid groups (broad SMARTS) is 1. The summed E-state index contributed by atoms with van der Waals surface area (Å²) in [4.78, 5) is 14.5. The van der Waals surface area contributed by atoms with Gasteiger partial charge in [0.05, 0.1) is 11.7 Å². The molecule has 0 aliphatic rings. The number of hydrogen-bond acceptors (Lipinski definition) is 4. The van der Waals surface area contributed by atoms with Crippen molar-refractivity contribution in [2.24, 2.45) is 13.0 Å². The summed E-state index contributed by atoms with van der Waals surface area (Å²) in [7, 11) is 0.494. The molecule has 0 fully saturated rings. The van der Waals surface area contributed by atoms with Crippen molar-refractivity contribution in [2.75, 3.05) is 5.75 Å². The molecular formula is C8H13N3O3S. The Morgan fingerprint density at radius 3 is 2.87 bits per heavy atom. The van der Waals surface area contributed by atoms with Crippen LogP contribution in [0, 0.1) is 5.92 Å². The van der Waals surface area contributed by atoms with E-state index in [0.29, 0.717) is 5.82 Å². The Morgan fingerprint density at radius 2 is 2.40 bits per heavy atom. The monoisotopic (exact) mass is 231 g/mol. The van der Waals surface area contributed by atoms with Gasteiger partial charge < -0.3 is 5.11 Å². The van der Waals surface area contributed by atoms with Crippen LogP contribution in [0.5, 0.6) is 0 Å². The van der Waals surface area contributed by atoms with Crippen molar-refractivity contribution in [3.63, 3.8) is 0 Å². The van der Waals surface area contributed by atoms with Gasteiger partial charge in [0.2, 0.25) is 0 Å². The van der Waals surface area contributed by atoms with Crippen LogP contribution in [0.2, 0.25) is 0 Å². The van der Waals surface area contributed by atoms with Crippen LogP contribution in [-0.2, 0) is 28.4 Å². The minimum absolute atomic E-state index is 0.141. The van der Waals surface area contributed by atoms with E-state index in [1.54, 1.807) is 7.05 Å². The van der Waals surface area contributed by atoms with Crippen molar-refractivity contribution < 1.29 is 14.1 Å². The summed E-state index contributed by atoms with van der Waals surface area (Å²) in [5.41, 5.74) is 0. The number of nitrogens with zero attached hydrogens (tertiary/aromatic N) is 3. The summed E-state index contributed by atoms with van der Waals surface area (Å²) >= 11 is 0. The fourth-order valence-corrected chi connectivity index (χ4v) is 2.37. The molecule has 1 rings (SSSR count). The molecule has 1 aromatic rings. The second kappa shape index (κ2) is 5.01. The third-order valence-corrected chi connectivity index (χ3v) is 3.40. The summed E-state index contributed by atoms with van der Waals surface area (Å²) in [6.07, 6.45) is 1.38. The summed E-state index contributed by atoms with van der Waals surface area (Å²) in [6.45, 7) is 1.54. The van der Waals surface area contributed by atoms with E-state index in [1.165, 1.54) is 17.9 Å². The zero-order valence-corrected chi connectivity index (χ0v) is 9.40. The molecule has 15 heavy (non-hydrogen) atoms. The third-order valence-electron chi connectivity index (χ3n) is 1.95. The molecule has 2 atom stereocenters. The molecule has 1 aromatic heterocycles. The molecule has 0 radical (unpaired) electrons. The number of aliphatic carboxylic acids is 1. The molecule has 0 spiro atoms. The SMILES string of the molecule is CC(CS(=O)Cc1ncnn1C)C(=O)O. The number of hydrogen-bond donors (Lipinski definition) is 1. The van der Waals surface area contributed by atoms with Gasteiger partial charge in [0.15, 0.2) is 0 Å². The maximum absolute atomic E-state index is 11.5. The van der Waals surface area contributed by atoms with E-state index in [0.717, 1.165) is 0 Å². The number of aryl methyl sites for hydroxylation is 1. The first-order valence-electron chi connectivity index (χ1n) is 4.41. The van der Waals surface area contributed by atoms with Crippen LogP contribution in [0.25, 0.3) is 0 Å². The first-order chi connectivity index (χ1) is 7.00. The Balaban J connectivity index is 2.50. The number of aromatic nitrogens is 3. The van der Waals surface area contributed by atoms with E-state index in [4.69, 9.17) is 5.11 Å². The Bertz CT molecular complexity index is 377. The van der Waals surface area contributed by atoms with Gasteiger partial charge in [-0.3, -0.25) is 13.7 Å². The van der Waals surface area contributed by atoms with Crippen molar-refractivity contribution >= 4 is 16.8 Å². The second-order valence-corrected chi connectivity index (χ2v) is 4.79. The Labute approximate surface area is 89.8 Å². The Hall–Kier alpha value is -1.24. The quantitative estimate of drug-likeness (QED) is 0.757. The summed E-state index contributed by atoms with van der Waals surface area (Å²) in [5.74, 6) is -0.539. The van der Waals surface area contributed by atoms with Gasteiger partial charge in [-0.05, 0) is 0 Å². The summed E-state index contributed by atoms with van der Waals surface area (Å²) < 4.78 is 13.1. The molecule has 0 saturated carbocycles. The highest BCUT2D eigenvalue weighted by molar-refractivity contribution is 7.84. The topological polar surface area (TPSA) is 85.1 Å². The molecule has 0 amide bonds. The van der Waals surface area contributed by atoms with Crippen molar-refractivity contribution in [3.05, 3.63) is 12.2 Å². The lowest BCUT2D eigenvalue weighted by Crippen LogP contribution is -2.19. The first-order valence-corrected chi connectivity index (χ1v) is 5.90. The number of carboxylic acids is 1. The van der Waals surface area contributed by atoms with Gasteiger partial charge >= 0.3 is 5.97 Å². The van der Waals surface area contributed by atoms with Crippen molar-refractivity contribution in [3.8, 4) is 0 Å². The molecule has 0 saturated heterocycles. The predicted octanol–water partition coefficient (Wildman–Crippen LogP) is -0.216. The van der Waals surface area contributed by atoms with Crippen LogP contribution in [0.1, 0.15) is 12.7 Å². The molecule has 2 unspecified atom stereocenters. The fraction of sp³-hybridized carbons (Fsp3) is 0.625. The molecule has 0 aromatic carbocycles. The minimum Gasteiger partial charge on any atom is -0.481 e. The number of rotatable bonds is 5. The second-order valence-electron chi connectivity index (χ2n) is 3.29. The Morgan fingerprint density at radius 1 is 1.73 bits per heavy atom. The van der Waals surface area contributed by atoms with Gasteiger partial charge in [0.25, 0.3) is 0 Å². The fourth-order valence-electron chi connectivity index (χ4n) is 1.00. The summed E-state index contributed by atoms with van der Waals surface area (Å²) in [5, 5.41) is 12.5. The van der Waals surface area contributed by atoms with Gasteiger partial charge in [0.1, 0.15) is 12.2 Å². The molecule has 1 heterocycles. The normalized spacial score (nSPS) is 14.8. The van der Waals surface area contributed by atoms with Crippen LogP contribution in [-0.4, -0.2) is 35.8 Å². The smallest absolute Gasteiger partial charge is 0.307 e. The maximum atomic E-state index is 11.5. The average Bonchev–Trinajstić information content (AvgIpc) is 2.51. The minimum atomic E-state index is -1.21. The van der Waals surface area contributed by atoms with Gasteiger partial charge in [-0.25, -0.2) is 4.98 Å². The van der Waals surface area contributed by atoms with E-state index >= 15 is 0 Å². The molecule has 0 bridgehead atoms. The van der Waals surface area contributed by atoms with Crippen molar-refractivity contribution in [1.82, 2.24) is 14.8 Å². The van der Waals surface area contributed by atoms with Gasteiger partial charge in [0, 0.05) is 23.6 Å². The lowest BCUT2D eigenvalue weighted by Gasteiger charge is -2.05. The largest absolute Gasteiger partial charge is 0.481 e. The first kappa shape index (κ1) is 11.8. The lowest BCUT2D eigenvalue weighted by atomic mass is 10.2. The van der Waals surface area contributed by atoms with E-state index in [2.05, 4.69) is 10.1 Å². The van der Waals surface area contributed by atoms with Crippen LogP contribution in [0.15, 0.2) is 6.33 Å². The van der Waals surface area contributed by atoms with E-state index < -0.39 is 22.7 Å². The van der Waals surface area contributed by atoms with Gasteiger partial charge in [-0.1, -0.05) is 6.92 Å². The molecule has 84 valence electrons. The highest BCUT2D eigenvalue weighted by atomic mass is 32.2. The highest BCUT2D eigenvalue weighted by Gasteiger charge is 2.16. The Kier molecular flexibility index (Phi) is 3.96. The zero-order valence-electron chi connectivity index (χ0n) is 8.58. The van der Waals surface area contributed by atoms with Crippen molar-refractivity contribution in [2.45, 2.75) is 12.7 Å². The average molecular weight is 231 g/mol. The highest BCUT2D eigenvalue weighted by Crippen LogP contribution is 2.03. The van der Waals surface area contributed by atoms with E-state index in [-0.39, 0.29) is 11.5 Å². The third kappa shape index (κ3) is 3.43. The standard InChI is InChI=1S/C8H13N3O3S/c1-6(8(12)13)3-15(14)4-7-9-5-10-11(7)2/h5-6H,3-4H2,1-2H3,(H,12,13). The van der Waals surface area contributed by atoms with Crippen LogP contribution in [0.3, 0.4) is 0 Å². The molecule has 0 aliphatic carbocycles. The molecule has 6 nitrogen and oxygen atoms in total. The van der Waals surface area contributed by atoms with Gasteiger partial charge in [-0.15, -0.1) is 0 Å². The number of carbonyl (C=O) groups is 1. The molecule has 7 heteroatoms. The predicted molar refractivity (Wildman–Crippen MR) is 54.5 cm³/mol. The molecule has 1 N–H and O–H groups in total. The maximum Gasteiger partial charge on any atom is 0.307 e. The van der Waals surface area contributed by atoms with E-state index in [1.807, 2.05) is 0 Å². The van der Waals surface area contributed by atoms with E-state index in [9.17, 15) is 9.00 Å². The summed E-state index contributed by atoms with van der Waals surface area (Å²) in [6, 6.07) is 0. The molecular weight excluding hydrogens is 218 g/mol. The lowest BCUT2D eigenvalue weighted by molar-refractivity contribution is -0.140. The van der Waals surface area contributed by atoms with Crippen LogP contribution in [0.4, 0.5) is 0 Å². The van der Waals surface area contributed by atoms with Gasteiger partial charge in [-0.2, -0.15) is 5.10 Å². The van der Waals surface area contributed by atoms with Crippen molar-refractivity contribution in [1.29, 1.82) is 0 Å². The zero-order chi connectivity index (χ0) is 11.4. The van der Waals surface area contributed by atoms with Crippen LogP contribution >= 0.6 is 0 Å².